The quantitative estimate of drug-likeness (QED) is 0.900. The predicted molar refractivity (Wildman–Crippen MR) is 76.5 cm³/mol. The molecule has 1 heterocycles. The first-order chi connectivity index (χ1) is 8.96. The van der Waals surface area contributed by atoms with Crippen molar-refractivity contribution in [2.75, 3.05) is 0 Å². The number of amides is 1. The monoisotopic (exact) mass is 260 g/mol. The van der Waals surface area contributed by atoms with Gasteiger partial charge in [-0.05, 0) is 36.3 Å². The third-order valence-corrected chi connectivity index (χ3v) is 3.70. The summed E-state index contributed by atoms with van der Waals surface area (Å²) >= 11 is 0. The molecule has 0 saturated heterocycles. The van der Waals surface area contributed by atoms with E-state index in [1.54, 1.807) is 6.20 Å². The van der Waals surface area contributed by atoms with E-state index < -0.39 is 0 Å². The van der Waals surface area contributed by atoms with Crippen LogP contribution in [-0.2, 0) is 4.79 Å². The van der Waals surface area contributed by atoms with Crippen LogP contribution in [0.5, 0.6) is 0 Å². The summed E-state index contributed by atoms with van der Waals surface area (Å²) in [6.45, 7) is 6.60. The Morgan fingerprint density at radius 1 is 1.47 bits per heavy atom. The molecule has 0 aliphatic heterocycles. The van der Waals surface area contributed by atoms with E-state index in [2.05, 4.69) is 31.1 Å². The highest BCUT2D eigenvalue weighted by molar-refractivity contribution is 5.79. The standard InChI is InChI=1S/C16H24N2O/c1-16(2,3)10-14(13-8-5-9-17-11-13)18-15(19)12-6-4-7-12/h5,8-9,11-12,14H,4,6-7,10H2,1-3H3,(H,18,19). The molecular formula is C16H24N2O. The molecule has 0 radical (unpaired) electrons. The van der Waals surface area contributed by atoms with Crippen LogP contribution in [-0.4, -0.2) is 10.9 Å². The molecule has 1 saturated carbocycles. The molecule has 2 rings (SSSR count). The molecule has 1 aromatic heterocycles. The first-order valence-corrected chi connectivity index (χ1v) is 7.16. The van der Waals surface area contributed by atoms with Crippen molar-refractivity contribution in [2.24, 2.45) is 11.3 Å². The summed E-state index contributed by atoms with van der Waals surface area (Å²) in [5.74, 6) is 0.448. The number of nitrogens with one attached hydrogen (secondary N) is 1. The lowest BCUT2D eigenvalue weighted by Crippen LogP contribution is -2.38. The SMILES string of the molecule is CC(C)(C)CC(NC(=O)C1CCC1)c1cccnc1. The number of carbonyl (C=O) groups is 1. The lowest BCUT2D eigenvalue weighted by atomic mass is 9.82. The fourth-order valence-corrected chi connectivity index (χ4v) is 2.41. The topological polar surface area (TPSA) is 42.0 Å². The molecule has 1 fully saturated rings. The average Bonchev–Trinajstić information content (AvgIpc) is 2.25. The minimum absolute atomic E-state index is 0.0711. The second-order valence-electron chi connectivity index (χ2n) is 6.74. The van der Waals surface area contributed by atoms with Gasteiger partial charge in [-0.3, -0.25) is 9.78 Å². The second-order valence-corrected chi connectivity index (χ2v) is 6.74. The zero-order valence-corrected chi connectivity index (χ0v) is 12.1. The maximum atomic E-state index is 12.2. The van der Waals surface area contributed by atoms with Gasteiger partial charge in [-0.2, -0.15) is 0 Å². The summed E-state index contributed by atoms with van der Waals surface area (Å²) < 4.78 is 0. The molecule has 0 aromatic carbocycles. The summed E-state index contributed by atoms with van der Waals surface area (Å²) in [5.41, 5.74) is 1.28. The Hall–Kier alpha value is -1.38. The number of pyridine rings is 1. The summed E-state index contributed by atoms with van der Waals surface area (Å²) in [5, 5.41) is 3.21. The summed E-state index contributed by atoms with van der Waals surface area (Å²) in [6, 6.07) is 4.05. The van der Waals surface area contributed by atoms with Gasteiger partial charge in [-0.25, -0.2) is 0 Å². The number of rotatable bonds is 4. The molecule has 19 heavy (non-hydrogen) atoms. The first kappa shape index (κ1) is 14.0. The highest BCUT2D eigenvalue weighted by Crippen LogP contribution is 2.31. The zero-order valence-electron chi connectivity index (χ0n) is 12.1. The van der Waals surface area contributed by atoms with Gasteiger partial charge in [0.1, 0.15) is 0 Å². The zero-order chi connectivity index (χ0) is 13.9. The molecule has 1 amide bonds. The molecule has 1 N–H and O–H groups in total. The molecule has 1 unspecified atom stereocenters. The Balaban J connectivity index is 2.07. The normalized spacial score (nSPS) is 17.6. The van der Waals surface area contributed by atoms with Crippen molar-refractivity contribution >= 4 is 5.91 Å². The van der Waals surface area contributed by atoms with E-state index in [1.165, 1.54) is 6.42 Å². The van der Waals surface area contributed by atoms with E-state index in [0.29, 0.717) is 0 Å². The minimum atomic E-state index is 0.0711. The van der Waals surface area contributed by atoms with Crippen molar-refractivity contribution in [3.05, 3.63) is 30.1 Å². The largest absolute Gasteiger partial charge is 0.349 e. The molecule has 3 nitrogen and oxygen atoms in total. The lowest BCUT2D eigenvalue weighted by Gasteiger charge is -2.31. The smallest absolute Gasteiger partial charge is 0.223 e. The van der Waals surface area contributed by atoms with E-state index in [0.717, 1.165) is 24.8 Å². The van der Waals surface area contributed by atoms with Crippen LogP contribution in [0.2, 0.25) is 0 Å². The number of hydrogen-bond donors (Lipinski definition) is 1. The Kier molecular flexibility index (Phi) is 4.23. The van der Waals surface area contributed by atoms with E-state index >= 15 is 0 Å². The van der Waals surface area contributed by atoms with Crippen molar-refractivity contribution in [2.45, 2.75) is 52.5 Å². The summed E-state index contributed by atoms with van der Waals surface area (Å²) in [6.07, 6.45) is 7.83. The third-order valence-electron chi connectivity index (χ3n) is 3.70. The van der Waals surface area contributed by atoms with Crippen LogP contribution >= 0.6 is 0 Å². The number of aromatic nitrogens is 1. The average molecular weight is 260 g/mol. The highest BCUT2D eigenvalue weighted by atomic mass is 16.2. The Morgan fingerprint density at radius 2 is 2.21 bits per heavy atom. The maximum absolute atomic E-state index is 12.2. The Morgan fingerprint density at radius 3 is 2.68 bits per heavy atom. The Bertz CT molecular complexity index is 418. The van der Waals surface area contributed by atoms with Gasteiger partial charge in [0.05, 0.1) is 6.04 Å². The third kappa shape index (κ3) is 4.05. The molecule has 0 spiro atoms. The van der Waals surface area contributed by atoms with Crippen LogP contribution in [0.4, 0.5) is 0 Å². The minimum Gasteiger partial charge on any atom is -0.349 e. The fraction of sp³-hybridized carbons (Fsp3) is 0.625. The fourth-order valence-electron chi connectivity index (χ4n) is 2.41. The predicted octanol–water partition coefficient (Wildman–Crippen LogP) is 3.48. The molecule has 1 aliphatic carbocycles. The van der Waals surface area contributed by atoms with Gasteiger partial charge in [-0.15, -0.1) is 0 Å². The van der Waals surface area contributed by atoms with Gasteiger partial charge < -0.3 is 5.32 Å². The molecule has 1 atom stereocenters. The Labute approximate surface area is 115 Å². The molecule has 1 aromatic rings. The van der Waals surface area contributed by atoms with Crippen LogP contribution in [0.3, 0.4) is 0 Å². The van der Waals surface area contributed by atoms with Gasteiger partial charge in [-0.1, -0.05) is 33.3 Å². The van der Waals surface area contributed by atoms with Crippen molar-refractivity contribution < 1.29 is 4.79 Å². The van der Waals surface area contributed by atoms with E-state index in [1.807, 2.05) is 18.3 Å². The van der Waals surface area contributed by atoms with Crippen LogP contribution in [0.1, 0.15) is 58.1 Å². The van der Waals surface area contributed by atoms with Crippen LogP contribution in [0.15, 0.2) is 24.5 Å². The van der Waals surface area contributed by atoms with Crippen molar-refractivity contribution in [1.29, 1.82) is 0 Å². The van der Waals surface area contributed by atoms with Crippen molar-refractivity contribution in [3.63, 3.8) is 0 Å². The van der Waals surface area contributed by atoms with E-state index in [9.17, 15) is 4.79 Å². The molecule has 104 valence electrons. The van der Waals surface area contributed by atoms with Gasteiger partial charge in [0.15, 0.2) is 0 Å². The number of hydrogen-bond acceptors (Lipinski definition) is 2. The number of carbonyl (C=O) groups excluding carboxylic acids is 1. The van der Waals surface area contributed by atoms with Gasteiger partial charge in [0.25, 0.3) is 0 Å². The summed E-state index contributed by atoms with van der Waals surface area (Å²) in [7, 11) is 0. The number of nitrogens with zero attached hydrogens (tertiary/aromatic N) is 1. The van der Waals surface area contributed by atoms with Crippen LogP contribution in [0.25, 0.3) is 0 Å². The van der Waals surface area contributed by atoms with E-state index in [4.69, 9.17) is 0 Å². The van der Waals surface area contributed by atoms with Crippen molar-refractivity contribution in [3.8, 4) is 0 Å². The van der Waals surface area contributed by atoms with Crippen molar-refractivity contribution in [1.82, 2.24) is 10.3 Å². The highest BCUT2D eigenvalue weighted by Gasteiger charge is 2.29. The second kappa shape index (κ2) is 5.72. The van der Waals surface area contributed by atoms with Crippen LogP contribution in [0, 0.1) is 11.3 Å². The molecule has 0 bridgehead atoms. The lowest BCUT2D eigenvalue weighted by molar-refractivity contribution is -0.128. The van der Waals surface area contributed by atoms with E-state index in [-0.39, 0.29) is 23.3 Å². The molecule has 3 heteroatoms. The van der Waals surface area contributed by atoms with Crippen LogP contribution < -0.4 is 5.32 Å². The molecule has 1 aliphatic rings. The van der Waals surface area contributed by atoms with Gasteiger partial charge in [0.2, 0.25) is 5.91 Å². The molecular weight excluding hydrogens is 236 g/mol. The first-order valence-electron chi connectivity index (χ1n) is 7.16. The van der Waals surface area contributed by atoms with Gasteiger partial charge in [0, 0.05) is 18.3 Å². The maximum Gasteiger partial charge on any atom is 0.223 e. The van der Waals surface area contributed by atoms with Gasteiger partial charge >= 0.3 is 0 Å². The summed E-state index contributed by atoms with van der Waals surface area (Å²) in [4.78, 5) is 16.3.